The monoisotopic (exact) mass is 276 g/mol. The number of aliphatic hydroxyl groups excluding tert-OH is 4. The minimum Gasteiger partial charge on any atom is -0.394 e. The highest BCUT2D eigenvalue weighted by molar-refractivity contribution is 8.14. The maximum absolute atomic E-state index is 9.96. The highest BCUT2D eigenvalue weighted by Crippen LogP contribution is 2.38. The van der Waals surface area contributed by atoms with E-state index in [2.05, 4.69) is 4.99 Å². The second kappa shape index (κ2) is 4.62. The van der Waals surface area contributed by atoms with E-state index in [1.165, 1.54) is 11.8 Å². The van der Waals surface area contributed by atoms with Crippen molar-refractivity contribution in [2.75, 3.05) is 19.7 Å². The molecule has 0 aliphatic carbocycles. The standard InChI is InChI=1S/C10H16N2O5S/c13-3-5-7(15)8(16)6-9(17-5)18-10(11-6)12-1-4(14)2-12/h4-9,13-16H,1-3H2/t5-,6-,7+,8-,9-/m1/s1. The van der Waals surface area contributed by atoms with E-state index >= 15 is 0 Å². The minimum absolute atomic E-state index is 0.322. The lowest BCUT2D eigenvalue weighted by atomic mass is 9.99. The van der Waals surface area contributed by atoms with Gasteiger partial charge in [-0.2, -0.15) is 0 Å². The Hall–Kier alpha value is -0.380. The van der Waals surface area contributed by atoms with E-state index in [0.717, 1.165) is 5.17 Å². The first-order chi connectivity index (χ1) is 8.60. The van der Waals surface area contributed by atoms with Crippen LogP contribution in [-0.2, 0) is 4.74 Å². The Morgan fingerprint density at radius 1 is 1.28 bits per heavy atom. The summed E-state index contributed by atoms with van der Waals surface area (Å²) in [5.41, 5.74) is -0.381. The van der Waals surface area contributed by atoms with E-state index in [9.17, 15) is 15.3 Å². The van der Waals surface area contributed by atoms with E-state index in [4.69, 9.17) is 9.84 Å². The van der Waals surface area contributed by atoms with Crippen LogP contribution >= 0.6 is 11.8 Å². The van der Waals surface area contributed by atoms with Gasteiger partial charge >= 0.3 is 0 Å². The first-order valence-corrected chi connectivity index (χ1v) is 6.78. The molecule has 0 saturated carbocycles. The van der Waals surface area contributed by atoms with E-state index in [0.29, 0.717) is 13.1 Å². The van der Waals surface area contributed by atoms with Gasteiger partial charge in [0.2, 0.25) is 0 Å². The number of β-amino-alcohol motifs (C(OH)–C–C–N with tert-alkyl or cyclic N) is 1. The van der Waals surface area contributed by atoms with Crippen LogP contribution < -0.4 is 0 Å². The number of hydrogen-bond acceptors (Lipinski definition) is 8. The largest absolute Gasteiger partial charge is 0.394 e. The lowest BCUT2D eigenvalue weighted by Crippen LogP contribution is -2.55. The van der Waals surface area contributed by atoms with Crippen molar-refractivity contribution in [1.82, 2.24) is 4.90 Å². The summed E-state index contributed by atoms with van der Waals surface area (Å²) in [5, 5.41) is 38.8. The van der Waals surface area contributed by atoms with Crippen molar-refractivity contribution >= 4 is 16.9 Å². The van der Waals surface area contributed by atoms with Gasteiger partial charge in [0.15, 0.2) is 5.17 Å². The second-order valence-corrected chi connectivity index (χ2v) is 5.85. The Kier molecular flexibility index (Phi) is 3.25. The number of aliphatic hydroxyl groups is 4. The number of aliphatic imine (C=N–C) groups is 1. The van der Waals surface area contributed by atoms with Crippen molar-refractivity contribution in [2.24, 2.45) is 4.99 Å². The van der Waals surface area contributed by atoms with Crippen molar-refractivity contribution in [3.8, 4) is 0 Å². The Labute approximate surface area is 108 Å². The molecule has 0 bridgehead atoms. The van der Waals surface area contributed by atoms with Gasteiger partial charge in [-0.3, -0.25) is 4.99 Å². The van der Waals surface area contributed by atoms with Gasteiger partial charge in [0.25, 0.3) is 0 Å². The fourth-order valence-electron chi connectivity index (χ4n) is 2.33. The molecule has 3 aliphatic heterocycles. The predicted molar refractivity (Wildman–Crippen MR) is 64.2 cm³/mol. The van der Waals surface area contributed by atoms with Crippen LogP contribution in [0.5, 0.6) is 0 Å². The van der Waals surface area contributed by atoms with Crippen molar-refractivity contribution in [3.05, 3.63) is 0 Å². The summed E-state index contributed by atoms with van der Waals surface area (Å²) >= 11 is 1.37. The third-order valence-electron chi connectivity index (χ3n) is 3.46. The van der Waals surface area contributed by atoms with Crippen LogP contribution in [0, 0.1) is 0 Å². The lowest BCUT2D eigenvalue weighted by molar-refractivity contribution is -0.164. The van der Waals surface area contributed by atoms with Gasteiger partial charge in [-0.05, 0) is 0 Å². The van der Waals surface area contributed by atoms with E-state index in [1.54, 1.807) is 0 Å². The maximum Gasteiger partial charge on any atom is 0.162 e. The third kappa shape index (κ3) is 1.93. The predicted octanol–water partition coefficient (Wildman–Crippen LogP) is -2.43. The van der Waals surface area contributed by atoms with Gasteiger partial charge < -0.3 is 30.1 Å². The molecule has 2 saturated heterocycles. The van der Waals surface area contributed by atoms with Gasteiger partial charge in [0, 0.05) is 13.1 Å². The molecule has 0 unspecified atom stereocenters. The van der Waals surface area contributed by atoms with Gasteiger partial charge in [0.1, 0.15) is 29.8 Å². The van der Waals surface area contributed by atoms with E-state index in [1.807, 2.05) is 4.90 Å². The van der Waals surface area contributed by atoms with Crippen LogP contribution in [-0.4, -0.2) is 86.1 Å². The van der Waals surface area contributed by atoms with Gasteiger partial charge in [-0.25, -0.2) is 0 Å². The molecule has 0 aromatic rings. The number of likely N-dealkylation sites (tertiary alicyclic amines) is 1. The number of thioether (sulfide) groups is 1. The molecule has 3 aliphatic rings. The number of amidine groups is 1. The molecule has 8 heteroatoms. The molecule has 102 valence electrons. The summed E-state index contributed by atoms with van der Waals surface area (Å²) in [4.78, 5) is 6.25. The summed E-state index contributed by atoms with van der Waals surface area (Å²) in [6, 6.07) is -0.513. The molecular weight excluding hydrogens is 260 g/mol. The fraction of sp³-hybridized carbons (Fsp3) is 0.900. The Morgan fingerprint density at radius 2 is 2.00 bits per heavy atom. The first kappa shape index (κ1) is 12.6. The molecule has 0 amide bonds. The van der Waals surface area contributed by atoms with Crippen LogP contribution in [0.4, 0.5) is 0 Å². The van der Waals surface area contributed by atoms with Gasteiger partial charge in [0.05, 0.1) is 12.7 Å². The summed E-state index contributed by atoms with van der Waals surface area (Å²) in [6.45, 7) is 0.737. The SMILES string of the molecule is OC[C@H]1O[C@@H]2SC(N3CC(O)C3)=N[C@@H]2[C@@H](O)[C@H]1O. The zero-order valence-corrected chi connectivity index (χ0v) is 10.4. The summed E-state index contributed by atoms with van der Waals surface area (Å²) in [6.07, 6.45) is -3.25. The molecule has 0 aromatic heterocycles. The maximum atomic E-state index is 9.96. The number of ether oxygens (including phenoxy) is 1. The Bertz CT molecular complexity index is 362. The number of fused-ring (bicyclic) bond motifs is 1. The van der Waals surface area contributed by atoms with Crippen LogP contribution in [0.15, 0.2) is 4.99 Å². The van der Waals surface area contributed by atoms with Crippen LogP contribution in [0.3, 0.4) is 0 Å². The van der Waals surface area contributed by atoms with Crippen molar-refractivity contribution in [1.29, 1.82) is 0 Å². The van der Waals surface area contributed by atoms with Gasteiger partial charge in [-0.1, -0.05) is 11.8 Å². The normalized spacial score (nSPS) is 44.6. The average Bonchev–Trinajstić information content (AvgIpc) is 2.73. The quantitative estimate of drug-likeness (QED) is 0.422. The molecule has 4 N–H and O–H groups in total. The molecule has 0 aromatic carbocycles. The van der Waals surface area contributed by atoms with Crippen molar-refractivity contribution in [3.63, 3.8) is 0 Å². The van der Waals surface area contributed by atoms with Crippen molar-refractivity contribution in [2.45, 2.75) is 35.9 Å². The zero-order chi connectivity index (χ0) is 12.9. The van der Waals surface area contributed by atoms with Gasteiger partial charge in [-0.15, -0.1) is 0 Å². The third-order valence-corrected chi connectivity index (χ3v) is 4.66. The summed E-state index contributed by atoms with van der Waals surface area (Å²) in [5.74, 6) is 0. The molecular formula is C10H16N2O5S. The van der Waals surface area contributed by atoms with Crippen molar-refractivity contribution < 1.29 is 25.2 Å². The van der Waals surface area contributed by atoms with Crippen LogP contribution in [0.25, 0.3) is 0 Å². The average molecular weight is 276 g/mol. The molecule has 3 rings (SSSR count). The highest BCUT2D eigenvalue weighted by atomic mass is 32.2. The molecule has 2 fully saturated rings. The topological polar surface area (TPSA) is 106 Å². The molecule has 7 nitrogen and oxygen atoms in total. The van der Waals surface area contributed by atoms with Crippen LogP contribution in [0.1, 0.15) is 0 Å². The summed E-state index contributed by atoms with van der Waals surface area (Å²) < 4.78 is 5.52. The Morgan fingerprint density at radius 3 is 2.61 bits per heavy atom. The van der Waals surface area contributed by atoms with E-state index < -0.39 is 24.4 Å². The molecule has 3 heterocycles. The zero-order valence-electron chi connectivity index (χ0n) is 9.59. The number of hydrogen-bond donors (Lipinski definition) is 4. The number of nitrogens with zero attached hydrogens (tertiary/aromatic N) is 2. The minimum atomic E-state index is -1.12. The Balaban J connectivity index is 1.71. The smallest absolute Gasteiger partial charge is 0.162 e. The second-order valence-electron chi connectivity index (χ2n) is 4.79. The summed E-state index contributed by atoms with van der Waals surface area (Å²) in [7, 11) is 0. The molecule has 5 atom stereocenters. The fourth-order valence-corrected chi connectivity index (χ4v) is 3.58. The molecule has 18 heavy (non-hydrogen) atoms. The first-order valence-electron chi connectivity index (χ1n) is 5.90. The highest BCUT2D eigenvalue weighted by Gasteiger charge is 2.49. The lowest BCUT2D eigenvalue weighted by Gasteiger charge is -2.38. The van der Waals surface area contributed by atoms with Crippen LogP contribution in [0.2, 0.25) is 0 Å². The van der Waals surface area contributed by atoms with E-state index in [-0.39, 0.29) is 18.1 Å². The molecule has 0 spiro atoms. The number of rotatable bonds is 1. The molecule has 0 radical (unpaired) electrons.